The number of nitriles is 1. The maximum Gasteiger partial charge on any atom is 0.254 e. The summed E-state index contributed by atoms with van der Waals surface area (Å²) in [6, 6.07) is 11.4. The monoisotopic (exact) mass is 358 g/mol. The van der Waals surface area contributed by atoms with Crippen LogP contribution in [0.1, 0.15) is 28.8 Å². The largest absolute Gasteiger partial charge is 0.352 e. The van der Waals surface area contributed by atoms with Crippen LogP contribution in [-0.4, -0.2) is 50.9 Å². The molecule has 0 spiro atoms. The van der Waals surface area contributed by atoms with Crippen molar-refractivity contribution in [3.8, 4) is 6.07 Å². The van der Waals surface area contributed by atoms with Crippen LogP contribution in [-0.2, 0) is 0 Å². The van der Waals surface area contributed by atoms with Crippen molar-refractivity contribution in [1.82, 2.24) is 19.9 Å². The van der Waals surface area contributed by atoms with E-state index in [1.165, 1.54) is 0 Å². The molecule has 1 amide bonds. The van der Waals surface area contributed by atoms with E-state index in [4.69, 9.17) is 5.26 Å². The molecule has 2 aliphatic rings. The lowest BCUT2D eigenvalue weighted by Gasteiger charge is -2.41. The zero-order valence-electron chi connectivity index (χ0n) is 14.7. The number of carbonyl (C=O) groups is 1. The predicted molar refractivity (Wildman–Crippen MR) is 100 cm³/mol. The summed E-state index contributed by atoms with van der Waals surface area (Å²) in [4.78, 5) is 29.3. The Morgan fingerprint density at radius 1 is 1.11 bits per heavy atom. The Kier molecular flexibility index (Phi) is 3.57. The second-order valence-corrected chi connectivity index (χ2v) is 7.13. The molecule has 2 saturated heterocycles. The van der Waals surface area contributed by atoms with E-state index in [-0.39, 0.29) is 18.0 Å². The highest BCUT2D eigenvalue weighted by Crippen LogP contribution is 2.35. The fraction of sp³-hybridized carbons (Fsp3) is 0.300. The van der Waals surface area contributed by atoms with Crippen molar-refractivity contribution in [2.75, 3.05) is 18.0 Å². The van der Waals surface area contributed by atoms with Gasteiger partial charge in [0.15, 0.2) is 0 Å². The lowest BCUT2D eigenvalue weighted by molar-refractivity contribution is 0.0641. The van der Waals surface area contributed by atoms with E-state index in [2.05, 4.69) is 25.9 Å². The topological polar surface area (TPSA) is 88.9 Å². The molecule has 2 unspecified atom stereocenters. The van der Waals surface area contributed by atoms with E-state index in [9.17, 15) is 4.79 Å². The van der Waals surface area contributed by atoms with Crippen molar-refractivity contribution in [1.29, 1.82) is 5.26 Å². The molecule has 0 radical (unpaired) electrons. The molecule has 5 rings (SSSR count). The first-order valence-corrected chi connectivity index (χ1v) is 9.10. The number of hydrogen-bond acceptors (Lipinski definition) is 5. The van der Waals surface area contributed by atoms with Crippen LogP contribution in [0.3, 0.4) is 0 Å². The van der Waals surface area contributed by atoms with Crippen molar-refractivity contribution in [2.45, 2.75) is 24.9 Å². The SMILES string of the molecule is N#Cc1ccc(C(=O)N2C3CCC2CN(c2ncnc4[nH]ccc24)C3)cc1. The van der Waals surface area contributed by atoms with Crippen LogP contribution in [0.4, 0.5) is 5.82 Å². The Bertz CT molecular complexity index is 1040. The third-order valence-electron chi connectivity index (χ3n) is 5.61. The highest BCUT2D eigenvalue weighted by Gasteiger charge is 2.43. The van der Waals surface area contributed by atoms with Crippen molar-refractivity contribution in [3.05, 3.63) is 54.0 Å². The van der Waals surface area contributed by atoms with Gasteiger partial charge in [0.1, 0.15) is 17.8 Å². The van der Waals surface area contributed by atoms with E-state index in [0.29, 0.717) is 11.1 Å². The van der Waals surface area contributed by atoms with Crippen LogP contribution in [0.25, 0.3) is 11.0 Å². The van der Waals surface area contributed by atoms with Crippen molar-refractivity contribution >= 4 is 22.8 Å². The Morgan fingerprint density at radius 3 is 2.56 bits per heavy atom. The highest BCUT2D eigenvalue weighted by atomic mass is 16.2. The van der Waals surface area contributed by atoms with Gasteiger partial charge in [0.05, 0.1) is 29.1 Å². The molecule has 0 aliphatic carbocycles. The Balaban J connectivity index is 1.41. The molecule has 2 bridgehead atoms. The molecule has 2 aromatic heterocycles. The Morgan fingerprint density at radius 2 is 1.85 bits per heavy atom. The molecule has 2 fully saturated rings. The summed E-state index contributed by atoms with van der Waals surface area (Å²) in [6.07, 6.45) is 5.47. The molecule has 2 aliphatic heterocycles. The number of fused-ring (bicyclic) bond motifs is 3. The van der Waals surface area contributed by atoms with Gasteiger partial charge in [-0.1, -0.05) is 0 Å². The van der Waals surface area contributed by atoms with E-state index in [0.717, 1.165) is 42.8 Å². The molecule has 134 valence electrons. The number of aromatic nitrogens is 3. The molecule has 0 saturated carbocycles. The maximum atomic E-state index is 13.1. The van der Waals surface area contributed by atoms with Gasteiger partial charge in [0, 0.05) is 24.8 Å². The van der Waals surface area contributed by atoms with Gasteiger partial charge in [-0.25, -0.2) is 9.97 Å². The summed E-state index contributed by atoms with van der Waals surface area (Å²) >= 11 is 0. The second kappa shape index (κ2) is 6.09. The third-order valence-corrected chi connectivity index (χ3v) is 5.61. The second-order valence-electron chi connectivity index (χ2n) is 7.13. The fourth-order valence-corrected chi connectivity index (χ4v) is 4.35. The van der Waals surface area contributed by atoms with E-state index < -0.39 is 0 Å². The number of amides is 1. The van der Waals surface area contributed by atoms with Crippen molar-refractivity contribution in [2.24, 2.45) is 0 Å². The first-order chi connectivity index (χ1) is 13.2. The van der Waals surface area contributed by atoms with Gasteiger partial charge in [0.2, 0.25) is 0 Å². The highest BCUT2D eigenvalue weighted by molar-refractivity contribution is 5.95. The lowest BCUT2D eigenvalue weighted by atomic mass is 10.1. The van der Waals surface area contributed by atoms with E-state index in [1.807, 2.05) is 17.2 Å². The number of rotatable bonds is 2. The predicted octanol–water partition coefficient (Wildman–Crippen LogP) is 2.32. The summed E-state index contributed by atoms with van der Waals surface area (Å²) in [5.74, 6) is 0.991. The molecule has 27 heavy (non-hydrogen) atoms. The zero-order chi connectivity index (χ0) is 18.4. The van der Waals surface area contributed by atoms with Gasteiger partial charge < -0.3 is 14.8 Å². The molecular weight excluding hydrogens is 340 g/mol. The number of aromatic amines is 1. The van der Waals surface area contributed by atoms with Crippen molar-refractivity contribution in [3.63, 3.8) is 0 Å². The Hall–Kier alpha value is -3.40. The minimum atomic E-state index is 0.0566. The lowest BCUT2D eigenvalue weighted by Crippen LogP contribution is -2.56. The number of hydrogen-bond donors (Lipinski definition) is 1. The zero-order valence-corrected chi connectivity index (χ0v) is 14.7. The number of piperazine rings is 1. The molecule has 1 N–H and O–H groups in total. The van der Waals surface area contributed by atoms with Crippen LogP contribution >= 0.6 is 0 Å². The number of nitrogens with one attached hydrogen (secondary N) is 1. The minimum absolute atomic E-state index is 0.0566. The van der Waals surface area contributed by atoms with Gasteiger partial charge in [-0.15, -0.1) is 0 Å². The van der Waals surface area contributed by atoms with Gasteiger partial charge >= 0.3 is 0 Å². The third kappa shape index (κ3) is 2.53. The van der Waals surface area contributed by atoms with Crippen LogP contribution in [0.5, 0.6) is 0 Å². The molecule has 4 heterocycles. The first-order valence-electron chi connectivity index (χ1n) is 9.10. The standard InChI is InChI=1S/C20H18N6O/c21-9-13-1-3-14(4-2-13)20(27)26-15-5-6-16(26)11-25(10-15)19-17-7-8-22-18(17)23-12-24-19/h1-4,7-8,12,15-16H,5-6,10-11H2,(H,22,23,24). The van der Waals surface area contributed by atoms with Crippen molar-refractivity contribution < 1.29 is 4.79 Å². The quantitative estimate of drug-likeness (QED) is 0.759. The average Bonchev–Trinajstić information content (AvgIpc) is 3.29. The fourth-order valence-electron chi connectivity index (χ4n) is 4.35. The van der Waals surface area contributed by atoms with Crippen LogP contribution < -0.4 is 4.90 Å². The normalized spacial score (nSPS) is 21.4. The summed E-state index contributed by atoms with van der Waals surface area (Å²) in [5, 5.41) is 9.96. The molecule has 3 aromatic rings. The van der Waals surface area contributed by atoms with Crippen LogP contribution in [0, 0.1) is 11.3 Å². The molecule has 7 heteroatoms. The Labute approximate surface area is 156 Å². The van der Waals surface area contributed by atoms with Crippen LogP contribution in [0.15, 0.2) is 42.9 Å². The first kappa shape index (κ1) is 15.8. The maximum absolute atomic E-state index is 13.1. The molecule has 1 aromatic carbocycles. The average molecular weight is 358 g/mol. The van der Waals surface area contributed by atoms with Crippen LogP contribution in [0.2, 0.25) is 0 Å². The van der Waals surface area contributed by atoms with Gasteiger partial charge in [0.25, 0.3) is 5.91 Å². The van der Waals surface area contributed by atoms with E-state index in [1.54, 1.807) is 30.6 Å². The summed E-state index contributed by atoms with van der Waals surface area (Å²) in [5.41, 5.74) is 2.05. The number of H-pyrrole nitrogens is 1. The molecular formula is C20H18N6O. The van der Waals surface area contributed by atoms with Gasteiger partial charge in [-0.2, -0.15) is 5.26 Å². The summed E-state index contributed by atoms with van der Waals surface area (Å²) in [6.45, 7) is 1.55. The molecule has 7 nitrogen and oxygen atoms in total. The number of anilines is 1. The van der Waals surface area contributed by atoms with Gasteiger partial charge in [-0.05, 0) is 43.2 Å². The summed E-state index contributed by atoms with van der Waals surface area (Å²) < 4.78 is 0. The molecule has 2 atom stereocenters. The number of carbonyl (C=O) groups excluding carboxylic acids is 1. The summed E-state index contributed by atoms with van der Waals surface area (Å²) in [7, 11) is 0. The number of nitrogens with zero attached hydrogens (tertiary/aromatic N) is 5. The minimum Gasteiger partial charge on any atom is -0.352 e. The van der Waals surface area contributed by atoms with E-state index >= 15 is 0 Å². The smallest absolute Gasteiger partial charge is 0.254 e. The number of benzene rings is 1. The van der Waals surface area contributed by atoms with Gasteiger partial charge in [-0.3, -0.25) is 4.79 Å².